The van der Waals surface area contributed by atoms with Gasteiger partial charge in [-0.2, -0.15) is 0 Å². The van der Waals surface area contributed by atoms with E-state index in [9.17, 15) is 0 Å². The predicted octanol–water partition coefficient (Wildman–Crippen LogP) is 3.82. The van der Waals surface area contributed by atoms with Crippen LogP contribution in [-0.4, -0.2) is 11.2 Å². The van der Waals surface area contributed by atoms with Crippen LogP contribution in [0.2, 0.25) is 0 Å². The summed E-state index contributed by atoms with van der Waals surface area (Å²) >= 11 is 5.03. The molecule has 0 atom stereocenters. The van der Waals surface area contributed by atoms with Crippen molar-refractivity contribution in [3.63, 3.8) is 0 Å². The second kappa shape index (κ2) is 6.22. The first-order valence-electron chi connectivity index (χ1n) is 5.39. The lowest BCUT2D eigenvalue weighted by Crippen LogP contribution is -2.01. The molecule has 0 fully saturated rings. The van der Waals surface area contributed by atoms with Crippen LogP contribution in [0.5, 0.6) is 11.5 Å². The van der Waals surface area contributed by atoms with Crippen LogP contribution in [0.1, 0.15) is 5.56 Å². The maximum absolute atomic E-state index is 5.84. The minimum atomic E-state index is 0.452. The third-order valence-corrected chi connectivity index (χ3v) is 3.68. The Bertz CT molecular complexity index is 548. The van der Waals surface area contributed by atoms with Crippen LogP contribution in [0.15, 0.2) is 46.0 Å². The van der Waals surface area contributed by atoms with Gasteiger partial charge in [0.25, 0.3) is 0 Å². The molecule has 1 heterocycles. The monoisotopic (exact) mass is 324 g/mol. The molecule has 0 spiro atoms. The molecule has 2 N–H and O–H groups in total. The van der Waals surface area contributed by atoms with Gasteiger partial charge < -0.3 is 10.5 Å². The first kappa shape index (κ1) is 13.4. The van der Waals surface area contributed by atoms with Gasteiger partial charge in [0.15, 0.2) is 0 Å². The molecule has 0 saturated heterocycles. The summed E-state index contributed by atoms with van der Waals surface area (Å²) in [6.07, 6.45) is 5.42. The second-order valence-corrected chi connectivity index (χ2v) is 5.35. The Hall–Kier alpha value is -1.04. The third-order valence-electron chi connectivity index (χ3n) is 2.42. The van der Waals surface area contributed by atoms with E-state index in [2.05, 4.69) is 20.9 Å². The van der Waals surface area contributed by atoms with Gasteiger partial charge in [0.05, 0.1) is 6.20 Å². The minimum absolute atomic E-state index is 0.452. The standard InChI is InChI=1S/C13H13BrN2OS/c1-18-13-4-2-3-12(11(13)6-15)17-10-5-9(14)7-16-8-10/h2-5,7-8H,6,15H2,1H3. The molecule has 18 heavy (non-hydrogen) atoms. The summed E-state index contributed by atoms with van der Waals surface area (Å²) in [6, 6.07) is 7.80. The zero-order valence-corrected chi connectivity index (χ0v) is 12.3. The highest BCUT2D eigenvalue weighted by Crippen LogP contribution is 2.32. The van der Waals surface area contributed by atoms with Crippen molar-refractivity contribution in [3.8, 4) is 11.5 Å². The maximum Gasteiger partial charge on any atom is 0.146 e. The molecule has 0 unspecified atom stereocenters. The molecule has 0 aliphatic carbocycles. The van der Waals surface area contributed by atoms with Crippen LogP contribution in [0, 0.1) is 0 Å². The molecule has 94 valence electrons. The smallest absolute Gasteiger partial charge is 0.146 e. The van der Waals surface area contributed by atoms with Crippen molar-refractivity contribution in [2.45, 2.75) is 11.4 Å². The molecule has 0 radical (unpaired) electrons. The van der Waals surface area contributed by atoms with Crippen LogP contribution in [0.4, 0.5) is 0 Å². The molecule has 0 amide bonds. The Morgan fingerprint density at radius 2 is 2.22 bits per heavy atom. The van der Waals surface area contributed by atoms with E-state index < -0.39 is 0 Å². The Morgan fingerprint density at radius 1 is 1.39 bits per heavy atom. The number of hydrogen-bond donors (Lipinski definition) is 1. The van der Waals surface area contributed by atoms with Gasteiger partial charge in [-0.1, -0.05) is 6.07 Å². The molecular formula is C13H13BrN2OS. The van der Waals surface area contributed by atoms with E-state index >= 15 is 0 Å². The Labute approximate surface area is 119 Å². The predicted molar refractivity (Wildman–Crippen MR) is 78.1 cm³/mol. The van der Waals surface area contributed by atoms with E-state index in [1.165, 1.54) is 0 Å². The second-order valence-electron chi connectivity index (χ2n) is 3.58. The van der Waals surface area contributed by atoms with Crippen molar-refractivity contribution in [1.82, 2.24) is 4.98 Å². The van der Waals surface area contributed by atoms with Crippen LogP contribution >= 0.6 is 27.7 Å². The Balaban J connectivity index is 2.34. The van der Waals surface area contributed by atoms with Gasteiger partial charge in [-0.05, 0) is 40.4 Å². The normalized spacial score (nSPS) is 10.4. The van der Waals surface area contributed by atoms with Crippen molar-refractivity contribution in [1.29, 1.82) is 0 Å². The molecule has 1 aromatic carbocycles. The Morgan fingerprint density at radius 3 is 2.89 bits per heavy atom. The Kier molecular flexibility index (Phi) is 4.63. The zero-order valence-electron chi connectivity index (χ0n) is 9.89. The summed E-state index contributed by atoms with van der Waals surface area (Å²) in [6.45, 7) is 0.452. The van der Waals surface area contributed by atoms with Gasteiger partial charge >= 0.3 is 0 Å². The highest BCUT2D eigenvalue weighted by atomic mass is 79.9. The number of nitrogens with zero attached hydrogens (tertiary/aromatic N) is 1. The topological polar surface area (TPSA) is 48.1 Å². The molecule has 5 heteroatoms. The van der Waals surface area contributed by atoms with Crippen LogP contribution in [0.25, 0.3) is 0 Å². The van der Waals surface area contributed by atoms with Crippen molar-refractivity contribution in [3.05, 3.63) is 46.7 Å². The number of halogens is 1. The van der Waals surface area contributed by atoms with Crippen molar-refractivity contribution in [2.24, 2.45) is 5.73 Å². The van der Waals surface area contributed by atoms with E-state index in [0.29, 0.717) is 12.3 Å². The fourth-order valence-corrected chi connectivity index (χ4v) is 2.60. The first-order chi connectivity index (χ1) is 8.74. The highest BCUT2D eigenvalue weighted by Gasteiger charge is 2.08. The number of rotatable bonds is 4. The number of benzene rings is 1. The van der Waals surface area contributed by atoms with Gasteiger partial charge in [-0.25, -0.2) is 0 Å². The fraction of sp³-hybridized carbons (Fsp3) is 0.154. The highest BCUT2D eigenvalue weighted by molar-refractivity contribution is 9.10. The quantitative estimate of drug-likeness (QED) is 0.868. The van der Waals surface area contributed by atoms with E-state index in [1.54, 1.807) is 24.2 Å². The first-order valence-corrected chi connectivity index (χ1v) is 7.40. The summed E-state index contributed by atoms with van der Waals surface area (Å²) in [4.78, 5) is 5.21. The molecule has 0 aliphatic heterocycles. The van der Waals surface area contributed by atoms with Gasteiger partial charge in [0.1, 0.15) is 11.5 Å². The molecular weight excluding hydrogens is 312 g/mol. The zero-order chi connectivity index (χ0) is 13.0. The number of nitrogens with two attached hydrogens (primary N) is 1. The summed E-state index contributed by atoms with van der Waals surface area (Å²) in [5.41, 5.74) is 6.81. The van der Waals surface area contributed by atoms with Gasteiger partial charge in [-0.3, -0.25) is 4.98 Å². The van der Waals surface area contributed by atoms with E-state index in [0.717, 1.165) is 20.7 Å². The molecule has 0 aliphatic rings. The average Bonchev–Trinajstić information content (AvgIpc) is 2.38. The fourth-order valence-electron chi connectivity index (χ4n) is 1.61. The molecule has 2 rings (SSSR count). The molecule has 2 aromatic rings. The lowest BCUT2D eigenvalue weighted by Gasteiger charge is -2.12. The van der Waals surface area contributed by atoms with Crippen molar-refractivity contribution < 1.29 is 4.74 Å². The van der Waals surface area contributed by atoms with Crippen LogP contribution < -0.4 is 10.5 Å². The number of hydrogen-bond acceptors (Lipinski definition) is 4. The largest absolute Gasteiger partial charge is 0.455 e. The summed E-state index contributed by atoms with van der Waals surface area (Å²) in [5.74, 6) is 1.47. The third kappa shape index (κ3) is 3.04. The summed E-state index contributed by atoms with van der Waals surface area (Å²) < 4.78 is 6.72. The van der Waals surface area contributed by atoms with Crippen molar-refractivity contribution >= 4 is 27.7 Å². The number of pyridine rings is 1. The number of aromatic nitrogens is 1. The molecule has 0 saturated carbocycles. The molecule has 3 nitrogen and oxygen atoms in total. The van der Waals surface area contributed by atoms with Crippen LogP contribution in [0.3, 0.4) is 0 Å². The van der Waals surface area contributed by atoms with E-state index in [1.807, 2.05) is 30.5 Å². The van der Waals surface area contributed by atoms with Gasteiger partial charge in [-0.15, -0.1) is 11.8 Å². The average molecular weight is 325 g/mol. The lowest BCUT2D eigenvalue weighted by molar-refractivity contribution is 0.471. The van der Waals surface area contributed by atoms with Crippen molar-refractivity contribution in [2.75, 3.05) is 6.26 Å². The SMILES string of the molecule is CSc1cccc(Oc2cncc(Br)c2)c1CN. The van der Waals surface area contributed by atoms with Gasteiger partial charge in [0.2, 0.25) is 0 Å². The van der Waals surface area contributed by atoms with E-state index in [4.69, 9.17) is 10.5 Å². The number of ether oxygens (including phenoxy) is 1. The van der Waals surface area contributed by atoms with Crippen LogP contribution in [-0.2, 0) is 6.54 Å². The molecule has 1 aromatic heterocycles. The summed E-state index contributed by atoms with van der Waals surface area (Å²) in [5, 5.41) is 0. The summed E-state index contributed by atoms with van der Waals surface area (Å²) in [7, 11) is 0. The van der Waals surface area contributed by atoms with Gasteiger partial charge in [0, 0.05) is 27.7 Å². The maximum atomic E-state index is 5.84. The van der Waals surface area contributed by atoms with E-state index in [-0.39, 0.29) is 0 Å². The number of thioether (sulfide) groups is 1. The molecule has 0 bridgehead atoms. The minimum Gasteiger partial charge on any atom is -0.455 e. The lowest BCUT2D eigenvalue weighted by atomic mass is 10.2.